The van der Waals surface area contributed by atoms with E-state index < -0.39 is 17.4 Å². The van der Waals surface area contributed by atoms with E-state index >= 15 is 0 Å². The van der Waals surface area contributed by atoms with Crippen LogP contribution < -0.4 is 25.4 Å². The summed E-state index contributed by atoms with van der Waals surface area (Å²) in [5.41, 5.74) is 4.96. The molecule has 1 unspecified atom stereocenters. The van der Waals surface area contributed by atoms with E-state index in [1.165, 1.54) is 19.1 Å². The predicted molar refractivity (Wildman–Crippen MR) is 170 cm³/mol. The summed E-state index contributed by atoms with van der Waals surface area (Å²) in [6, 6.07) is 2.70. The second-order valence-corrected chi connectivity index (χ2v) is 14.0. The number of hydrogen-bond acceptors (Lipinski definition) is 10. The minimum Gasteiger partial charge on any atom is -0.489 e. The predicted octanol–water partition coefficient (Wildman–Crippen LogP) is 3.75. The summed E-state index contributed by atoms with van der Waals surface area (Å²) in [6.45, 7) is 5.97. The van der Waals surface area contributed by atoms with E-state index in [0.29, 0.717) is 43.0 Å². The van der Waals surface area contributed by atoms with E-state index in [-0.39, 0.29) is 69.7 Å². The fraction of sp³-hybridized carbons (Fsp3) is 0.562. The summed E-state index contributed by atoms with van der Waals surface area (Å²) in [7, 11) is 2.04. The molecular weight excluding hydrogens is 637 g/mol. The molecule has 1 aromatic carbocycles. The van der Waals surface area contributed by atoms with Gasteiger partial charge in [0, 0.05) is 55.7 Å². The maximum Gasteiger partial charge on any atom is 0.418 e. The number of benzene rings is 1. The standard InChI is InChI=1S/C32H36ClF3N8O3/c1-16-8-22(37)40-26(24(16)32(34,35)36)19-9-21-23-27(25(19)33)46-13-18-11-43(29(45)20-10-31(20)14-38-15-31)6-7-44(18)28(23)41-30(39-21)47-12-17-4-3-5-42(17)2/h8-9,17-18,20,38H,3-7,10-15H2,1-2H3,(H2,37,40)/t17-,18-,20?/m0/s1. The van der Waals surface area contributed by atoms with E-state index in [9.17, 15) is 18.0 Å². The molecule has 250 valence electrons. The van der Waals surface area contributed by atoms with E-state index in [1.807, 2.05) is 11.9 Å². The summed E-state index contributed by atoms with van der Waals surface area (Å²) in [4.78, 5) is 33.4. The number of rotatable bonds is 5. The van der Waals surface area contributed by atoms with Crippen LogP contribution in [-0.4, -0.2) is 102 Å². The zero-order valence-electron chi connectivity index (χ0n) is 26.2. The van der Waals surface area contributed by atoms with Gasteiger partial charge in [0.05, 0.1) is 33.2 Å². The molecule has 15 heteroatoms. The summed E-state index contributed by atoms with van der Waals surface area (Å²) in [5.74, 6) is 0.807. The van der Waals surface area contributed by atoms with Gasteiger partial charge in [0.1, 0.15) is 24.8 Å². The lowest BCUT2D eigenvalue weighted by molar-refractivity contribution is -0.137. The maximum atomic E-state index is 14.4. The molecule has 1 saturated carbocycles. The Morgan fingerprint density at radius 1 is 1.21 bits per heavy atom. The Kier molecular flexibility index (Phi) is 7.16. The highest BCUT2D eigenvalue weighted by Gasteiger charge is 2.62. The van der Waals surface area contributed by atoms with Crippen molar-refractivity contribution >= 4 is 40.0 Å². The van der Waals surface area contributed by atoms with Crippen molar-refractivity contribution in [3.05, 3.63) is 28.3 Å². The highest BCUT2D eigenvalue weighted by Crippen LogP contribution is 2.56. The SMILES string of the molecule is Cc1cc(N)nc(-c2cc3nc(OC[C@@H]4CCCN4C)nc4c3c(c2Cl)OC[C@@H]2CN(C(=O)C3CC35CNC5)CCN42)c1C(F)(F)F. The monoisotopic (exact) mass is 672 g/mol. The third-order valence-corrected chi connectivity index (χ3v) is 11.0. The molecule has 3 aromatic rings. The molecule has 8 rings (SSSR count). The van der Waals surface area contributed by atoms with Crippen molar-refractivity contribution in [2.24, 2.45) is 11.3 Å². The zero-order valence-corrected chi connectivity index (χ0v) is 26.9. The third kappa shape index (κ3) is 5.10. The number of nitrogens with one attached hydrogen (secondary N) is 1. The second kappa shape index (κ2) is 11.0. The number of likely N-dealkylation sites (tertiary alicyclic amines) is 1. The van der Waals surface area contributed by atoms with Crippen LogP contribution in [0.5, 0.6) is 11.8 Å². The topological polar surface area (TPSA) is 122 Å². The quantitative estimate of drug-likeness (QED) is 0.415. The second-order valence-electron chi connectivity index (χ2n) is 13.6. The number of carbonyl (C=O) groups excluding carboxylic acids is 1. The van der Waals surface area contributed by atoms with Gasteiger partial charge in [0.2, 0.25) is 5.91 Å². The number of piperazine rings is 1. The number of anilines is 2. The van der Waals surface area contributed by atoms with Crippen molar-refractivity contribution in [1.82, 2.24) is 30.1 Å². The smallest absolute Gasteiger partial charge is 0.418 e. The number of hydrogen-bond donors (Lipinski definition) is 2. The van der Waals surface area contributed by atoms with Crippen molar-refractivity contribution in [2.75, 3.05) is 70.2 Å². The van der Waals surface area contributed by atoms with Gasteiger partial charge >= 0.3 is 12.2 Å². The molecule has 1 amide bonds. The van der Waals surface area contributed by atoms with Gasteiger partial charge in [-0.1, -0.05) is 11.6 Å². The highest BCUT2D eigenvalue weighted by atomic mass is 35.5. The van der Waals surface area contributed by atoms with Crippen LogP contribution in [0.2, 0.25) is 5.02 Å². The normalized spacial score (nSPS) is 24.9. The van der Waals surface area contributed by atoms with Gasteiger partial charge in [0.15, 0.2) is 5.75 Å². The minimum atomic E-state index is -4.72. The Morgan fingerprint density at radius 3 is 2.70 bits per heavy atom. The minimum absolute atomic E-state index is 0.00664. The Hall–Kier alpha value is -3.62. The first kappa shape index (κ1) is 30.7. The van der Waals surface area contributed by atoms with Gasteiger partial charge in [0.25, 0.3) is 0 Å². The van der Waals surface area contributed by atoms with Gasteiger partial charge in [-0.05, 0) is 57.5 Å². The molecule has 3 N–H and O–H groups in total. The molecule has 5 aliphatic rings. The van der Waals surface area contributed by atoms with E-state index in [0.717, 1.165) is 38.9 Å². The lowest BCUT2D eigenvalue weighted by Crippen LogP contribution is -2.58. The fourth-order valence-corrected chi connectivity index (χ4v) is 8.09. The van der Waals surface area contributed by atoms with E-state index in [1.54, 1.807) is 0 Å². The Labute approximate surface area is 274 Å². The van der Waals surface area contributed by atoms with Crippen molar-refractivity contribution < 1.29 is 27.4 Å². The summed E-state index contributed by atoms with van der Waals surface area (Å²) in [6.07, 6.45) is -1.77. The molecule has 2 aromatic heterocycles. The molecule has 1 spiro atoms. The van der Waals surface area contributed by atoms with Crippen LogP contribution in [0.15, 0.2) is 12.1 Å². The van der Waals surface area contributed by atoms with Crippen LogP contribution in [0.4, 0.5) is 24.8 Å². The van der Waals surface area contributed by atoms with Gasteiger partial charge in [-0.15, -0.1) is 0 Å². The number of aryl methyl sites for hydroxylation is 1. The van der Waals surface area contributed by atoms with Crippen LogP contribution in [0.3, 0.4) is 0 Å². The van der Waals surface area contributed by atoms with Gasteiger partial charge in [-0.3, -0.25) is 4.79 Å². The first-order valence-corrected chi connectivity index (χ1v) is 16.4. The molecule has 1 aliphatic carbocycles. The number of fused-ring (bicyclic) bond motifs is 2. The van der Waals surface area contributed by atoms with E-state index in [4.69, 9.17) is 31.8 Å². The molecule has 3 atom stereocenters. The molecule has 6 heterocycles. The first-order chi connectivity index (χ1) is 22.4. The summed E-state index contributed by atoms with van der Waals surface area (Å²) < 4.78 is 55.8. The molecule has 4 aliphatic heterocycles. The zero-order chi connectivity index (χ0) is 32.8. The molecular formula is C32H36ClF3N8O3. The van der Waals surface area contributed by atoms with Crippen LogP contribution in [-0.2, 0) is 11.0 Å². The Bertz CT molecular complexity index is 1790. The van der Waals surface area contributed by atoms with Gasteiger partial charge in [-0.2, -0.15) is 23.1 Å². The third-order valence-electron chi connectivity index (χ3n) is 10.6. The lowest BCUT2D eigenvalue weighted by Gasteiger charge is -2.41. The van der Waals surface area contributed by atoms with Crippen molar-refractivity contribution in [2.45, 2.75) is 44.4 Å². The number of likely N-dealkylation sites (N-methyl/N-ethyl adjacent to an activating group) is 1. The van der Waals surface area contributed by atoms with Crippen molar-refractivity contribution in [3.63, 3.8) is 0 Å². The number of halogens is 4. The van der Waals surface area contributed by atoms with Gasteiger partial charge in [-0.25, -0.2) is 4.98 Å². The van der Waals surface area contributed by atoms with Crippen LogP contribution in [0.25, 0.3) is 22.2 Å². The number of pyridine rings is 1. The van der Waals surface area contributed by atoms with Crippen LogP contribution in [0.1, 0.15) is 30.4 Å². The lowest BCUT2D eigenvalue weighted by atomic mass is 9.96. The Morgan fingerprint density at radius 2 is 2.02 bits per heavy atom. The molecule has 3 saturated heterocycles. The average Bonchev–Trinajstić information content (AvgIpc) is 3.69. The highest BCUT2D eigenvalue weighted by molar-refractivity contribution is 6.36. The molecule has 4 fully saturated rings. The van der Waals surface area contributed by atoms with Crippen molar-refractivity contribution in [1.29, 1.82) is 0 Å². The summed E-state index contributed by atoms with van der Waals surface area (Å²) >= 11 is 6.96. The van der Waals surface area contributed by atoms with E-state index in [2.05, 4.69) is 25.1 Å². The average molecular weight is 673 g/mol. The molecule has 11 nitrogen and oxygen atoms in total. The van der Waals surface area contributed by atoms with Crippen LogP contribution in [0, 0.1) is 18.3 Å². The number of nitrogens with zero attached hydrogens (tertiary/aromatic N) is 6. The van der Waals surface area contributed by atoms with Gasteiger partial charge < -0.3 is 35.2 Å². The largest absolute Gasteiger partial charge is 0.489 e. The number of amides is 1. The maximum absolute atomic E-state index is 14.4. The molecule has 0 radical (unpaired) electrons. The molecule has 47 heavy (non-hydrogen) atoms. The first-order valence-electron chi connectivity index (χ1n) is 16.0. The van der Waals surface area contributed by atoms with Crippen molar-refractivity contribution in [3.8, 4) is 23.0 Å². The number of ether oxygens (including phenoxy) is 2. The number of nitrogens with two attached hydrogens (primary N) is 1. The number of alkyl halides is 3. The fourth-order valence-electron chi connectivity index (χ4n) is 7.80. The number of aromatic nitrogens is 3. The number of nitrogen functional groups attached to an aromatic ring is 1. The summed E-state index contributed by atoms with van der Waals surface area (Å²) in [5, 5.41) is 3.72. The molecule has 0 bridgehead atoms. The van der Waals surface area contributed by atoms with Crippen LogP contribution >= 0.6 is 11.6 Å². The Balaban J connectivity index is 1.22. The number of carbonyl (C=O) groups is 1.